The van der Waals surface area contributed by atoms with E-state index in [1.807, 2.05) is 0 Å². The number of pyridine rings is 1. The van der Waals surface area contributed by atoms with Gasteiger partial charge in [-0.25, -0.2) is 9.37 Å². The summed E-state index contributed by atoms with van der Waals surface area (Å²) >= 11 is 0. The number of carbonyl (C=O) groups excluding carboxylic acids is 1. The molecule has 2 aromatic rings. The van der Waals surface area contributed by atoms with Crippen LogP contribution in [0.5, 0.6) is 11.6 Å². The first-order valence-corrected chi connectivity index (χ1v) is 6.30. The molecule has 1 aromatic heterocycles. The third-order valence-electron chi connectivity index (χ3n) is 3.03. The Hall–Kier alpha value is -2.63. The second kappa shape index (κ2) is 6.21. The second-order valence-corrected chi connectivity index (χ2v) is 4.49. The van der Waals surface area contributed by atoms with Crippen LogP contribution in [0.2, 0.25) is 0 Å². The molecule has 0 aliphatic heterocycles. The first-order valence-electron chi connectivity index (χ1n) is 6.30. The monoisotopic (exact) mass is 290 g/mol. The summed E-state index contributed by atoms with van der Waals surface area (Å²) in [6.07, 6.45) is 1.47. The Morgan fingerprint density at radius 1 is 1.38 bits per heavy atom. The fraction of sp³-hybridized carbons (Fsp3) is 0.200. The number of phenolic OH excluding ortho intramolecular Hbond substituents is 1. The quantitative estimate of drug-likeness (QED) is 0.907. The van der Waals surface area contributed by atoms with Gasteiger partial charge in [-0.15, -0.1) is 0 Å². The van der Waals surface area contributed by atoms with Crippen LogP contribution in [0.4, 0.5) is 4.39 Å². The topological polar surface area (TPSA) is 71.5 Å². The van der Waals surface area contributed by atoms with E-state index >= 15 is 0 Å². The van der Waals surface area contributed by atoms with E-state index in [0.717, 1.165) is 0 Å². The van der Waals surface area contributed by atoms with Crippen LogP contribution in [-0.4, -0.2) is 23.1 Å². The third-order valence-corrected chi connectivity index (χ3v) is 3.03. The average molecular weight is 290 g/mol. The van der Waals surface area contributed by atoms with Gasteiger partial charge in [0.2, 0.25) is 5.88 Å². The molecule has 2 rings (SSSR count). The summed E-state index contributed by atoms with van der Waals surface area (Å²) in [6, 6.07) is 6.65. The van der Waals surface area contributed by atoms with Crippen molar-refractivity contribution in [1.82, 2.24) is 10.3 Å². The van der Waals surface area contributed by atoms with E-state index in [-0.39, 0.29) is 5.91 Å². The summed E-state index contributed by atoms with van der Waals surface area (Å²) in [5.74, 6) is -1.13. The van der Waals surface area contributed by atoms with Crippen LogP contribution in [0.15, 0.2) is 36.5 Å². The summed E-state index contributed by atoms with van der Waals surface area (Å²) in [6.45, 7) is 1.72. The normalized spacial score (nSPS) is 11.8. The summed E-state index contributed by atoms with van der Waals surface area (Å²) in [4.78, 5) is 16.0. The van der Waals surface area contributed by atoms with Gasteiger partial charge in [0.05, 0.1) is 13.2 Å². The lowest BCUT2D eigenvalue weighted by Gasteiger charge is -2.15. The molecule has 0 aliphatic rings. The fourth-order valence-electron chi connectivity index (χ4n) is 1.82. The minimum absolute atomic E-state index is 0.323. The summed E-state index contributed by atoms with van der Waals surface area (Å²) in [5, 5.41) is 11.9. The van der Waals surface area contributed by atoms with Crippen LogP contribution in [0.3, 0.4) is 0 Å². The molecule has 1 amide bonds. The Balaban J connectivity index is 2.12. The first-order chi connectivity index (χ1) is 10.0. The molecule has 0 saturated carbocycles. The van der Waals surface area contributed by atoms with Gasteiger partial charge in [0.25, 0.3) is 5.91 Å². The van der Waals surface area contributed by atoms with Crippen molar-refractivity contribution in [2.75, 3.05) is 7.11 Å². The highest BCUT2D eigenvalue weighted by Gasteiger charge is 2.14. The number of phenols is 1. The maximum atomic E-state index is 13.3. The van der Waals surface area contributed by atoms with E-state index in [4.69, 9.17) is 9.84 Å². The number of hydrogen-bond donors (Lipinski definition) is 2. The number of carbonyl (C=O) groups is 1. The highest BCUT2D eigenvalue weighted by molar-refractivity contribution is 5.94. The van der Waals surface area contributed by atoms with E-state index in [1.54, 1.807) is 19.1 Å². The molecule has 0 unspecified atom stereocenters. The molecule has 1 heterocycles. The summed E-state index contributed by atoms with van der Waals surface area (Å²) in [7, 11) is 1.46. The molecule has 0 fully saturated rings. The Morgan fingerprint density at radius 2 is 2.14 bits per heavy atom. The molecule has 0 aliphatic carbocycles. The Kier molecular flexibility index (Phi) is 4.37. The van der Waals surface area contributed by atoms with Gasteiger partial charge in [-0.1, -0.05) is 6.07 Å². The molecule has 6 heteroatoms. The highest BCUT2D eigenvalue weighted by Crippen LogP contribution is 2.21. The van der Waals surface area contributed by atoms with Crippen LogP contribution < -0.4 is 10.1 Å². The van der Waals surface area contributed by atoms with Crippen molar-refractivity contribution in [3.05, 3.63) is 53.5 Å². The maximum absolute atomic E-state index is 13.3. The van der Waals surface area contributed by atoms with Crippen molar-refractivity contribution in [2.24, 2.45) is 0 Å². The van der Waals surface area contributed by atoms with E-state index < -0.39 is 17.6 Å². The number of amides is 1. The maximum Gasteiger partial charge on any atom is 0.252 e. The Bertz CT molecular complexity index is 661. The number of aromatic nitrogens is 1. The third kappa shape index (κ3) is 3.47. The lowest BCUT2D eigenvalue weighted by atomic mass is 10.1. The van der Waals surface area contributed by atoms with Crippen molar-refractivity contribution < 1.29 is 19.0 Å². The van der Waals surface area contributed by atoms with Gasteiger partial charge in [0.15, 0.2) is 11.6 Å². The molecule has 5 nitrogen and oxygen atoms in total. The summed E-state index contributed by atoms with van der Waals surface area (Å²) in [5.41, 5.74) is 0.952. The minimum Gasteiger partial charge on any atom is -0.505 e. The zero-order valence-electron chi connectivity index (χ0n) is 11.6. The number of rotatable bonds is 4. The van der Waals surface area contributed by atoms with E-state index in [9.17, 15) is 9.18 Å². The largest absolute Gasteiger partial charge is 0.505 e. The number of methoxy groups -OCH3 is 1. The number of benzene rings is 1. The molecule has 110 valence electrons. The molecule has 1 atom stereocenters. The molecule has 0 radical (unpaired) electrons. The Morgan fingerprint density at radius 3 is 2.81 bits per heavy atom. The van der Waals surface area contributed by atoms with E-state index in [2.05, 4.69) is 10.3 Å². The molecule has 0 spiro atoms. The zero-order valence-corrected chi connectivity index (χ0v) is 11.6. The lowest BCUT2D eigenvalue weighted by molar-refractivity contribution is 0.0939. The van der Waals surface area contributed by atoms with Crippen LogP contribution in [-0.2, 0) is 0 Å². The van der Waals surface area contributed by atoms with Crippen molar-refractivity contribution in [2.45, 2.75) is 13.0 Å². The van der Waals surface area contributed by atoms with Gasteiger partial charge in [-0.05, 0) is 30.7 Å². The smallest absolute Gasteiger partial charge is 0.252 e. The van der Waals surface area contributed by atoms with Gasteiger partial charge in [0.1, 0.15) is 0 Å². The zero-order chi connectivity index (χ0) is 15.4. The van der Waals surface area contributed by atoms with Crippen molar-refractivity contribution >= 4 is 5.91 Å². The lowest BCUT2D eigenvalue weighted by Crippen LogP contribution is -2.26. The second-order valence-electron chi connectivity index (χ2n) is 4.49. The van der Waals surface area contributed by atoms with Crippen LogP contribution in [0.1, 0.15) is 28.9 Å². The first kappa shape index (κ1) is 14.8. The molecule has 2 N–H and O–H groups in total. The predicted molar refractivity (Wildman–Crippen MR) is 74.7 cm³/mol. The molecule has 1 aromatic carbocycles. The molecule has 0 bridgehead atoms. The average Bonchev–Trinajstić information content (AvgIpc) is 2.49. The number of halogens is 1. The number of hydrogen-bond acceptors (Lipinski definition) is 4. The van der Waals surface area contributed by atoms with Crippen molar-refractivity contribution in [3.63, 3.8) is 0 Å². The number of nitrogens with one attached hydrogen (secondary N) is 1. The highest BCUT2D eigenvalue weighted by atomic mass is 19.1. The number of aromatic hydroxyl groups is 1. The molecule has 21 heavy (non-hydrogen) atoms. The van der Waals surface area contributed by atoms with E-state index in [1.165, 1.54) is 31.5 Å². The number of ether oxygens (including phenoxy) is 1. The number of nitrogens with zero attached hydrogens (tertiary/aromatic N) is 1. The Labute approximate surface area is 121 Å². The summed E-state index contributed by atoms with van der Waals surface area (Å²) < 4.78 is 18.3. The van der Waals surface area contributed by atoms with Gasteiger partial charge >= 0.3 is 0 Å². The van der Waals surface area contributed by atoms with Crippen molar-refractivity contribution in [3.8, 4) is 11.6 Å². The molecule has 0 saturated heterocycles. The van der Waals surface area contributed by atoms with E-state index in [0.29, 0.717) is 17.0 Å². The molecular formula is C15H15FN2O3. The minimum atomic E-state index is -0.723. The van der Waals surface area contributed by atoms with Crippen LogP contribution in [0.25, 0.3) is 0 Å². The van der Waals surface area contributed by atoms with Gasteiger partial charge in [-0.2, -0.15) is 0 Å². The SMILES string of the molecule is COc1cc(C(=O)N[C@H](C)c2ccc(O)c(F)c2)ccn1. The van der Waals surface area contributed by atoms with Gasteiger partial charge in [0, 0.05) is 17.8 Å². The van der Waals surface area contributed by atoms with Gasteiger partial charge < -0.3 is 15.2 Å². The standard InChI is InChI=1S/C15H15FN2O3/c1-9(10-3-4-13(19)12(16)7-10)18-15(20)11-5-6-17-14(8-11)21-2/h3-9,19H,1-2H3,(H,18,20)/t9-/m1/s1. The fourth-order valence-corrected chi connectivity index (χ4v) is 1.82. The molecular weight excluding hydrogens is 275 g/mol. The van der Waals surface area contributed by atoms with Gasteiger partial charge in [-0.3, -0.25) is 4.79 Å². The van der Waals surface area contributed by atoms with Crippen molar-refractivity contribution in [1.29, 1.82) is 0 Å². The predicted octanol–water partition coefficient (Wildman–Crippen LogP) is 2.43. The van der Waals surface area contributed by atoms with Crippen LogP contribution in [0, 0.1) is 5.82 Å². The van der Waals surface area contributed by atoms with Crippen LogP contribution >= 0.6 is 0 Å².